The SMILES string of the molecule is COCCOCCCOc1ccc(CO)cc1Br. The summed E-state index contributed by atoms with van der Waals surface area (Å²) < 4.78 is 16.7. The van der Waals surface area contributed by atoms with Crippen LogP contribution < -0.4 is 4.74 Å². The van der Waals surface area contributed by atoms with Gasteiger partial charge in [-0.25, -0.2) is 0 Å². The van der Waals surface area contributed by atoms with Crippen molar-refractivity contribution in [3.05, 3.63) is 28.2 Å². The van der Waals surface area contributed by atoms with E-state index in [2.05, 4.69) is 15.9 Å². The number of methoxy groups -OCH3 is 1. The first-order valence-electron chi connectivity index (χ1n) is 5.86. The van der Waals surface area contributed by atoms with Crippen molar-refractivity contribution in [3.63, 3.8) is 0 Å². The number of halogens is 1. The van der Waals surface area contributed by atoms with Crippen molar-refractivity contribution in [3.8, 4) is 5.75 Å². The average molecular weight is 319 g/mol. The van der Waals surface area contributed by atoms with Crippen LogP contribution in [-0.2, 0) is 16.1 Å². The van der Waals surface area contributed by atoms with E-state index in [1.165, 1.54) is 0 Å². The predicted octanol–water partition coefficient (Wildman–Crippen LogP) is 2.37. The minimum atomic E-state index is 0.0339. The third-order valence-electron chi connectivity index (χ3n) is 2.30. The molecule has 0 fully saturated rings. The Kier molecular flexibility index (Phi) is 8.00. The van der Waals surface area contributed by atoms with Crippen molar-refractivity contribution in [2.75, 3.05) is 33.5 Å². The molecule has 1 aromatic carbocycles. The second-order valence-electron chi connectivity index (χ2n) is 3.73. The predicted molar refractivity (Wildman–Crippen MR) is 72.9 cm³/mol. The zero-order valence-electron chi connectivity index (χ0n) is 10.5. The van der Waals surface area contributed by atoms with Crippen LogP contribution >= 0.6 is 15.9 Å². The van der Waals surface area contributed by atoms with Gasteiger partial charge in [0.15, 0.2) is 0 Å². The molecule has 0 aliphatic rings. The van der Waals surface area contributed by atoms with Crippen LogP contribution in [0.1, 0.15) is 12.0 Å². The van der Waals surface area contributed by atoms with Crippen molar-refractivity contribution >= 4 is 15.9 Å². The van der Waals surface area contributed by atoms with Gasteiger partial charge in [-0.1, -0.05) is 6.07 Å². The number of hydrogen-bond acceptors (Lipinski definition) is 4. The average Bonchev–Trinajstić information content (AvgIpc) is 2.39. The Bertz CT molecular complexity index is 344. The molecule has 1 aromatic rings. The van der Waals surface area contributed by atoms with E-state index in [-0.39, 0.29) is 6.61 Å². The molecule has 0 spiro atoms. The molecule has 4 nitrogen and oxygen atoms in total. The molecular weight excluding hydrogens is 300 g/mol. The second kappa shape index (κ2) is 9.33. The molecule has 0 atom stereocenters. The molecule has 18 heavy (non-hydrogen) atoms. The monoisotopic (exact) mass is 318 g/mol. The first-order valence-corrected chi connectivity index (χ1v) is 6.66. The summed E-state index contributed by atoms with van der Waals surface area (Å²) in [5.41, 5.74) is 0.858. The van der Waals surface area contributed by atoms with Crippen molar-refractivity contribution in [1.29, 1.82) is 0 Å². The molecule has 0 saturated heterocycles. The van der Waals surface area contributed by atoms with Crippen molar-refractivity contribution in [2.24, 2.45) is 0 Å². The molecule has 102 valence electrons. The van der Waals surface area contributed by atoms with Gasteiger partial charge in [-0.05, 0) is 33.6 Å². The minimum absolute atomic E-state index is 0.0339. The molecule has 0 heterocycles. The lowest BCUT2D eigenvalue weighted by atomic mass is 10.2. The number of ether oxygens (including phenoxy) is 3. The highest BCUT2D eigenvalue weighted by Gasteiger charge is 2.02. The van der Waals surface area contributed by atoms with Crippen LogP contribution in [0.25, 0.3) is 0 Å². The van der Waals surface area contributed by atoms with E-state index >= 15 is 0 Å². The van der Waals surface area contributed by atoms with Gasteiger partial charge < -0.3 is 19.3 Å². The van der Waals surface area contributed by atoms with E-state index in [0.29, 0.717) is 26.4 Å². The zero-order valence-corrected chi connectivity index (χ0v) is 12.1. The van der Waals surface area contributed by atoms with E-state index in [0.717, 1.165) is 22.2 Å². The van der Waals surface area contributed by atoms with E-state index < -0.39 is 0 Å². The highest BCUT2D eigenvalue weighted by molar-refractivity contribution is 9.10. The Balaban J connectivity index is 2.19. The molecule has 0 unspecified atom stereocenters. The van der Waals surface area contributed by atoms with Gasteiger partial charge in [0.1, 0.15) is 5.75 Å². The Morgan fingerprint density at radius 2 is 2.00 bits per heavy atom. The van der Waals surface area contributed by atoms with Gasteiger partial charge in [0.2, 0.25) is 0 Å². The standard InChI is InChI=1S/C13H19BrO4/c1-16-7-8-17-5-2-6-18-13-4-3-11(10-15)9-12(13)14/h3-4,9,15H,2,5-8,10H2,1H3. The number of aliphatic hydroxyl groups is 1. The maximum atomic E-state index is 8.98. The van der Waals surface area contributed by atoms with E-state index in [1.807, 2.05) is 18.2 Å². The van der Waals surface area contributed by atoms with Crippen molar-refractivity contribution in [2.45, 2.75) is 13.0 Å². The van der Waals surface area contributed by atoms with Crippen molar-refractivity contribution < 1.29 is 19.3 Å². The number of hydrogen-bond donors (Lipinski definition) is 1. The molecule has 0 aliphatic carbocycles. The van der Waals surface area contributed by atoms with Crippen LogP contribution in [0.2, 0.25) is 0 Å². The molecule has 0 aliphatic heterocycles. The maximum Gasteiger partial charge on any atom is 0.133 e. The van der Waals surface area contributed by atoms with Crippen LogP contribution in [0.4, 0.5) is 0 Å². The summed E-state index contributed by atoms with van der Waals surface area (Å²) in [6.07, 6.45) is 0.831. The van der Waals surface area contributed by atoms with Crippen LogP contribution in [0.3, 0.4) is 0 Å². The second-order valence-corrected chi connectivity index (χ2v) is 4.58. The normalized spacial score (nSPS) is 10.6. The first kappa shape index (κ1) is 15.4. The summed E-state index contributed by atoms with van der Waals surface area (Å²) in [4.78, 5) is 0. The van der Waals surface area contributed by atoms with Crippen LogP contribution in [0.5, 0.6) is 5.75 Å². The molecule has 0 amide bonds. The third-order valence-corrected chi connectivity index (χ3v) is 2.92. The van der Waals surface area contributed by atoms with Crippen LogP contribution in [-0.4, -0.2) is 38.6 Å². The van der Waals surface area contributed by atoms with Gasteiger partial charge in [-0.15, -0.1) is 0 Å². The third kappa shape index (κ3) is 5.82. The molecule has 0 aromatic heterocycles. The lowest BCUT2D eigenvalue weighted by Crippen LogP contribution is -2.07. The highest BCUT2D eigenvalue weighted by Crippen LogP contribution is 2.26. The maximum absolute atomic E-state index is 8.98. The largest absolute Gasteiger partial charge is 0.492 e. The number of rotatable bonds is 9. The van der Waals surface area contributed by atoms with Gasteiger partial charge >= 0.3 is 0 Å². The Morgan fingerprint density at radius 3 is 2.67 bits per heavy atom. The van der Waals surface area contributed by atoms with E-state index in [9.17, 15) is 0 Å². The summed E-state index contributed by atoms with van der Waals surface area (Å²) in [7, 11) is 1.65. The lowest BCUT2D eigenvalue weighted by molar-refractivity contribution is 0.0644. The Morgan fingerprint density at radius 1 is 1.17 bits per heavy atom. The lowest BCUT2D eigenvalue weighted by Gasteiger charge is -2.09. The highest BCUT2D eigenvalue weighted by atomic mass is 79.9. The Hall–Kier alpha value is -0.620. The molecule has 0 saturated carbocycles. The minimum Gasteiger partial charge on any atom is -0.492 e. The van der Waals surface area contributed by atoms with Gasteiger partial charge in [0, 0.05) is 20.1 Å². The van der Waals surface area contributed by atoms with Crippen LogP contribution in [0.15, 0.2) is 22.7 Å². The molecule has 1 N–H and O–H groups in total. The first-order chi connectivity index (χ1) is 8.77. The molecule has 1 rings (SSSR count). The summed E-state index contributed by atoms with van der Waals surface area (Å²) in [6, 6.07) is 5.54. The Labute approximate surface area is 116 Å². The fraction of sp³-hybridized carbons (Fsp3) is 0.538. The van der Waals surface area contributed by atoms with Gasteiger partial charge in [-0.3, -0.25) is 0 Å². The quantitative estimate of drug-likeness (QED) is 0.710. The summed E-state index contributed by atoms with van der Waals surface area (Å²) in [6.45, 7) is 2.53. The number of benzene rings is 1. The van der Waals surface area contributed by atoms with Crippen LogP contribution in [0, 0.1) is 0 Å². The topological polar surface area (TPSA) is 47.9 Å². The van der Waals surface area contributed by atoms with Gasteiger partial charge in [0.25, 0.3) is 0 Å². The zero-order chi connectivity index (χ0) is 13.2. The summed E-state index contributed by atoms with van der Waals surface area (Å²) >= 11 is 3.41. The fourth-order valence-corrected chi connectivity index (χ4v) is 1.89. The van der Waals surface area contributed by atoms with Crippen molar-refractivity contribution in [1.82, 2.24) is 0 Å². The molecular formula is C13H19BrO4. The number of aliphatic hydroxyl groups excluding tert-OH is 1. The molecule has 0 radical (unpaired) electrons. The summed E-state index contributed by atoms with van der Waals surface area (Å²) in [5.74, 6) is 0.782. The van der Waals surface area contributed by atoms with E-state index in [4.69, 9.17) is 19.3 Å². The van der Waals surface area contributed by atoms with Gasteiger partial charge in [0.05, 0.1) is 30.9 Å². The summed E-state index contributed by atoms with van der Waals surface area (Å²) in [5, 5.41) is 8.98. The molecule has 5 heteroatoms. The molecule has 0 bridgehead atoms. The smallest absolute Gasteiger partial charge is 0.133 e. The fourth-order valence-electron chi connectivity index (χ4n) is 1.35. The van der Waals surface area contributed by atoms with E-state index in [1.54, 1.807) is 7.11 Å². The van der Waals surface area contributed by atoms with Gasteiger partial charge in [-0.2, -0.15) is 0 Å².